The summed E-state index contributed by atoms with van der Waals surface area (Å²) in [6.07, 6.45) is 8.72. The Balaban J connectivity index is 3.48. The first kappa shape index (κ1) is 14.1. The molecule has 0 aliphatic rings. The number of aliphatic hydroxyl groups excluding tert-OH is 1. The van der Waals surface area contributed by atoms with Gasteiger partial charge in [-0.2, -0.15) is 0 Å². The highest BCUT2D eigenvalue weighted by atomic mass is 16.6. The largest absolute Gasteiger partial charge is 0.365 e. The molecule has 0 amide bonds. The third-order valence-electron chi connectivity index (χ3n) is 1.76. The predicted molar refractivity (Wildman–Crippen MR) is 60.4 cm³/mol. The zero-order valence-electron chi connectivity index (χ0n) is 9.48. The molecule has 0 bridgehead atoms. The van der Waals surface area contributed by atoms with Crippen molar-refractivity contribution in [2.24, 2.45) is 0 Å². The summed E-state index contributed by atoms with van der Waals surface area (Å²) in [7, 11) is 0. The molecule has 0 spiro atoms. The van der Waals surface area contributed by atoms with E-state index in [0.717, 1.165) is 12.8 Å². The van der Waals surface area contributed by atoms with Crippen molar-refractivity contribution in [3.05, 3.63) is 24.3 Å². The summed E-state index contributed by atoms with van der Waals surface area (Å²) in [4.78, 5) is 10.6. The molecule has 3 nitrogen and oxygen atoms in total. The Morgan fingerprint density at radius 3 is 2.80 bits per heavy atom. The van der Waals surface area contributed by atoms with Crippen molar-refractivity contribution in [1.29, 1.82) is 0 Å². The summed E-state index contributed by atoms with van der Waals surface area (Å²) in [6, 6.07) is 0. The summed E-state index contributed by atoms with van der Waals surface area (Å²) < 4.78 is 4.89. The fourth-order valence-corrected chi connectivity index (χ4v) is 1.03. The van der Waals surface area contributed by atoms with Crippen LogP contribution in [0.15, 0.2) is 24.3 Å². The van der Waals surface area contributed by atoms with Crippen molar-refractivity contribution >= 4 is 5.78 Å². The lowest BCUT2D eigenvalue weighted by atomic mass is 10.2. The second-order valence-corrected chi connectivity index (χ2v) is 3.25. The molecular weight excluding hydrogens is 192 g/mol. The first-order chi connectivity index (χ1) is 7.16. The summed E-state index contributed by atoms with van der Waals surface area (Å²) in [5.74, 6) is 0.228. The summed E-state index contributed by atoms with van der Waals surface area (Å²) in [5.41, 5.74) is 0. The van der Waals surface area contributed by atoms with Gasteiger partial charge in [-0.05, 0) is 32.8 Å². The van der Waals surface area contributed by atoms with Gasteiger partial charge in [0.05, 0.1) is 0 Å². The molecule has 0 saturated heterocycles. The van der Waals surface area contributed by atoms with Crippen molar-refractivity contribution in [3.63, 3.8) is 0 Å². The topological polar surface area (TPSA) is 46.5 Å². The van der Waals surface area contributed by atoms with Crippen molar-refractivity contribution < 1.29 is 14.6 Å². The minimum absolute atomic E-state index is 0.228. The average molecular weight is 212 g/mol. The molecule has 0 fully saturated rings. The van der Waals surface area contributed by atoms with Crippen LogP contribution >= 0.6 is 0 Å². The molecule has 0 saturated carbocycles. The SMILES string of the molecule is CCOC(O)C=CC=CCCCC(C)=O. The Labute approximate surface area is 91.4 Å². The Bertz CT molecular complexity index is 219. The number of carbonyl (C=O) groups excluding carboxylic acids is 1. The molecule has 0 rings (SSSR count). The molecule has 0 aliphatic heterocycles. The highest BCUT2D eigenvalue weighted by molar-refractivity contribution is 5.75. The Morgan fingerprint density at radius 2 is 2.20 bits per heavy atom. The van der Waals surface area contributed by atoms with Crippen LogP contribution in [0.2, 0.25) is 0 Å². The lowest BCUT2D eigenvalue weighted by Crippen LogP contribution is -2.06. The molecule has 0 radical (unpaired) electrons. The number of ketones is 1. The van der Waals surface area contributed by atoms with Gasteiger partial charge in [-0.1, -0.05) is 18.2 Å². The predicted octanol–water partition coefficient (Wildman–Crippen LogP) is 2.21. The minimum Gasteiger partial charge on any atom is -0.365 e. The van der Waals surface area contributed by atoms with Gasteiger partial charge in [0, 0.05) is 13.0 Å². The van der Waals surface area contributed by atoms with Crippen molar-refractivity contribution in [2.75, 3.05) is 6.61 Å². The molecule has 1 N–H and O–H groups in total. The number of Topliss-reactive ketones (excluding diaryl/α,β-unsaturated/α-hetero) is 1. The van der Waals surface area contributed by atoms with E-state index < -0.39 is 6.29 Å². The van der Waals surface area contributed by atoms with Gasteiger partial charge in [0.2, 0.25) is 0 Å². The van der Waals surface area contributed by atoms with Gasteiger partial charge in [-0.3, -0.25) is 0 Å². The average Bonchev–Trinajstić information content (AvgIpc) is 2.16. The maximum absolute atomic E-state index is 10.6. The molecule has 3 heteroatoms. The number of hydrogen-bond acceptors (Lipinski definition) is 3. The standard InChI is InChI=1S/C12H20O3/c1-3-15-12(14)10-8-6-4-5-7-9-11(2)13/h4,6,8,10,12,14H,3,5,7,9H2,1-2H3. The quantitative estimate of drug-likeness (QED) is 0.381. The number of ether oxygens (including phenoxy) is 1. The molecule has 1 atom stereocenters. The first-order valence-electron chi connectivity index (χ1n) is 5.29. The van der Waals surface area contributed by atoms with E-state index in [9.17, 15) is 4.79 Å². The molecule has 0 aromatic heterocycles. The molecule has 86 valence electrons. The number of rotatable bonds is 8. The molecule has 0 aromatic carbocycles. The van der Waals surface area contributed by atoms with Gasteiger partial charge in [-0.25, -0.2) is 0 Å². The second kappa shape index (κ2) is 9.62. The highest BCUT2D eigenvalue weighted by Gasteiger charge is 1.92. The van der Waals surface area contributed by atoms with Crippen LogP contribution in [0.3, 0.4) is 0 Å². The Hall–Kier alpha value is -0.930. The molecule has 15 heavy (non-hydrogen) atoms. The molecular formula is C12H20O3. The lowest BCUT2D eigenvalue weighted by Gasteiger charge is -2.02. The minimum atomic E-state index is -0.822. The highest BCUT2D eigenvalue weighted by Crippen LogP contribution is 1.98. The summed E-state index contributed by atoms with van der Waals surface area (Å²) in [6.45, 7) is 3.92. The Morgan fingerprint density at radius 1 is 1.47 bits per heavy atom. The van der Waals surface area contributed by atoms with Crippen LogP contribution in [-0.4, -0.2) is 23.8 Å². The van der Waals surface area contributed by atoms with Crippen molar-refractivity contribution in [1.82, 2.24) is 0 Å². The maximum Gasteiger partial charge on any atom is 0.174 e. The number of unbranched alkanes of at least 4 members (excludes halogenated alkanes) is 1. The van der Waals surface area contributed by atoms with Crippen LogP contribution in [0.1, 0.15) is 33.1 Å². The summed E-state index contributed by atoms with van der Waals surface area (Å²) >= 11 is 0. The van der Waals surface area contributed by atoms with E-state index in [0.29, 0.717) is 13.0 Å². The normalized spacial score (nSPS) is 13.8. The molecule has 0 aromatic rings. The van der Waals surface area contributed by atoms with Crippen molar-refractivity contribution in [3.8, 4) is 0 Å². The van der Waals surface area contributed by atoms with Crippen LogP contribution in [0, 0.1) is 0 Å². The van der Waals surface area contributed by atoms with Crippen LogP contribution in [-0.2, 0) is 9.53 Å². The van der Waals surface area contributed by atoms with Gasteiger partial charge in [0.15, 0.2) is 6.29 Å². The second-order valence-electron chi connectivity index (χ2n) is 3.25. The number of hydrogen-bond donors (Lipinski definition) is 1. The summed E-state index contributed by atoms with van der Waals surface area (Å²) in [5, 5.41) is 9.14. The van der Waals surface area contributed by atoms with E-state index in [1.807, 2.05) is 19.1 Å². The van der Waals surface area contributed by atoms with Crippen LogP contribution < -0.4 is 0 Å². The molecule has 1 unspecified atom stereocenters. The van der Waals surface area contributed by atoms with Gasteiger partial charge >= 0.3 is 0 Å². The number of aliphatic hydroxyl groups is 1. The lowest BCUT2D eigenvalue weighted by molar-refractivity contribution is -0.117. The zero-order valence-corrected chi connectivity index (χ0v) is 9.48. The third-order valence-corrected chi connectivity index (χ3v) is 1.76. The first-order valence-corrected chi connectivity index (χ1v) is 5.29. The van der Waals surface area contributed by atoms with E-state index in [4.69, 9.17) is 9.84 Å². The number of allylic oxidation sites excluding steroid dienone is 3. The fraction of sp³-hybridized carbons (Fsp3) is 0.583. The number of carbonyl (C=O) groups is 1. The third kappa shape index (κ3) is 11.0. The van der Waals surface area contributed by atoms with E-state index in [2.05, 4.69) is 0 Å². The molecule has 0 heterocycles. The van der Waals surface area contributed by atoms with Gasteiger partial charge < -0.3 is 14.6 Å². The molecule has 0 aliphatic carbocycles. The van der Waals surface area contributed by atoms with E-state index in [1.165, 1.54) is 0 Å². The van der Waals surface area contributed by atoms with Gasteiger partial charge in [0.25, 0.3) is 0 Å². The van der Waals surface area contributed by atoms with E-state index in [1.54, 1.807) is 19.1 Å². The zero-order chi connectivity index (χ0) is 11.5. The van der Waals surface area contributed by atoms with E-state index in [-0.39, 0.29) is 5.78 Å². The van der Waals surface area contributed by atoms with Crippen LogP contribution in [0.25, 0.3) is 0 Å². The van der Waals surface area contributed by atoms with Crippen LogP contribution in [0.4, 0.5) is 0 Å². The Kier molecular flexibility index (Phi) is 9.02. The smallest absolute Gasteiger partial charge is 0.174 e. The van der Waals surface area contributed by atoms with Crippen molar-refractivity contribution in [2.45, 2.75) is 39.4 Å². The maximum atomic E-state index is 10.6. The van der Waals surface area contributed by atoms with Gasteiger partial charge in [-0.15, -0.1) is 0 Å². The van der Waals surface area contributed by atoms with Gasteiger partial charge in [0.1, 0.15) is 5.78 Å². The fourth-order valence-electron chi connectivity index (χ4n) is 1.03. The van der Waals surface area contributed by atoms with Crippen LogP contribution in [0.5, 0.6) is 0 Å². The van der Waals surface area contributed by atoms with E-state index >= 15 is 0 Å². The monoisotopic (exact) mass is 212 g/mol.